The molecule has 0 aromatic rings. The molecule has 8 heteroatoms. The summed E-state index contributed by atoms with van der Waals surface area (Å²) in [5.41, 5.74) is -5.53. The van der Waals surface area contributed by atoms with E-state index in [9.17, 15) is 13.2 Å². The number of rotatable bonds is 17. The SMILES string of the molecule is CCCCCCCCCCCCCCCCC[CH2][Sn]([CH3])[CH3].O=S(=O)(O)C(F)(F)F. The van der Waals surface area contributed by atoms with Crippen molar-refractivity contribution in [2.75, 3.05) is 0 Å². The predicted octanol–water partition coefficient (Wildman–Crippen LogP) is 8.40. The molecule has 0 aliphatic rings. The molecule has 0 saturated carbocycles. The van der Waals surface area contributed by atoms with E-state index in [1.54, 1.807) is 10.9 Å². The molecule has 0 aliphatic carbocycles. The van der Waals surface area contributed by atoms with Crippen molar-refractivity contribution in [2.24, 2.45) is 0 Å². The molecule has 0 aromatic carbocycles. The molecule has 0 spiro atoms. The number of hydrogen-bond acceptors (Lipinski definition) is 2. The molecule has 0 saturated heterocycles. The molecule has 0 unspecified atom stereocenters. The van der Waals surface area contributed by atoms with E-state index in [2.05, 4.69) is 16.8 Å². The zero-order valence-corrected chi connectivity index (χ0v) is 22.5. The zero-order chi connectivity index (χ0) is 22.6. The Labute approximate surface area is 185 Å². The van der Waals surface area contributed by atoms with Crippen LogP contribution in [-0.4, -0.2) is 38.2 Å². The summed E-state index contributed by atoms with van der Waals surface area (Å²) in [5, 5.41) is 0. The Balaban J connectivity index is 0. The van der Waals surface area contributed by atoms with Crippen LogP contribution in [0.2, 0.25) is 14.3 Å². The van der Waals surface area contributed by atoms with Crippen molar-refractivity contribution < 1.29 is 26.1 Å². The minimum atomic E-state index is -5.84. The van der Waals surface area contributed by atoms with Crippen molar-refractivity contribution in [3.8, 4) is 0 Å². The third-order valence-corrected chi connectivity index (χ3v) is 9.27. The van der Waals surface area contributed by atoms with Gasteiger partial charge in [-0.15, -0.1) is 0 Å². The second-order valence-electron chi connectivity index (χ2n) is 8.18. The van der Waals surface area contributed by atoms with E-state index in [0.29, 0.717) is 0 Å². The molecule has 0 aliphatic heterocycles. The van der Waals surface area contributed by atoms with E-state index in [1.807, 2.05) is 0 Å². The number of unbranched alkanes of at least 4 members (excludes halogenated alkanes) is 15. The molecule has 1 radical (unpaired) electrons. The fourth-order valence-electron chi connectivity index (χ4n) is 3.03. The Morgan fingerprint density at radius 3 is 1.10 bits per heavy atom. The van der Waals surface area contributed by atoms with Gasteiger partial charge >= 0.3 is 120 Å². The molecule has 0 amide bonds. The van der Waals surface area contributed by atoms with Gasteiger partial charge in [-0.05, 0) is 0 Å². The Bertz CT molecular complexity index is 441. The summed E-state index contributed by atoms with van der Waals surface area (Å²) in [7, 11) is -5.84. The molecule has 0 bridgehead atoms. The van der Waals surface area contributed by atoms with Gasteiger partial charge in [0.2, 0.25) is 0 Å². The molecule has 0 aromatic heterocycles. The van der Waals surface area contributed by atoms with E-state index in [0.717, 1.165) is 0 Å². The molecule has 177 valence electrons. The van der Waals surface area contributed by atoms with Gasteiger partial charge in [-0.2, -0.15) is 21.6 Å². The normalized spacial score (nSPS) is 12.1. The molecule has 1 N–H and O–H groups in total. The van der Waals surface area contributed by atoms with Crippen LogP contribution in [0, 0.1) is 0 Å². The topological polar surface area (TPSA) is 54.4 Å². The van der Waals surface area contributed by atoms with E-state index in [4.69, 9.17) is 13.0 Å². The summed E-state index contributed by atoms with van der Waals surface area (Å²) in [6.07, 6.45) is 23.8. The molecular formula is C21H44F3O3SSn. The van der Waals surface area contributed by atoms with Gasteiger partial charge in [0.15, 0.2) is 0 Å². The first kappa shape index (κ1) is 31.7. The van der Waals surface area contributed by atoms with Crippen LogP contribution in [0.1, 0.15) is 110 Å². The standard InChI is InChI=1S/C18H37.CHF3O3S.2CH3.Sn/c1-3-5-7-9-11-13-15-17-18-16-14-12-10-8-6-4-2;2-1(3,4)8(5,6)7;;;/h1,3-18H2,2H3;(H,5,6,7);2*1H3;. The van der Waals surface area contributed by atoms with Gasteiger partial charge in [0.25, 0.3) is 0 Å². The van der Waals surface area contributed by atoms with Crippen LogP contribution >= 0.6 is 0 Å². The van der Waals surface area contributed by atoms with Gasteiger partial charge in [-0.25, -0.2) is 0 Å². The smallest absolute Gasteiger partial charge is 0.279 e. The van der Waals surface area contributed by atoms with E-state index < -0.39 is 35.4 Å². The van der Waals surface area contributed by atoms with Crippen LogP contribution in [0.4, 0.5) is 13.2 Å². The average molecular weight is 552 g/mol. The Kier molecular flexibility index (Phi) is 22.3. The van der Waals surface area contributed by atoms with Crippen molar-refractivity contribution in [3.63, 3.8) is 0 Å². The Hall–Kier alpha value is 0.499. The van der Waals surface area contributed by atoms with Crippen LogP contribution in [0.25, 0.3) is 0 Å². The molecule has 3 nitrogen and oxygen atoms in total. The Morgan fingerprint density at radius 1 is 0.655 bits per heavy atom. The second-order valence-corrected chi connectivity index (χ2v) is 17.9. The van der Waals surface area contributed by atoms with Crippen molar-refractivity contribution in [3.05, 3.63) is 0 Å². The third-order valence-electron chi connectivity index (χ3n) is 4.82. The van der Waals surface area contributed by atoms with Crippen LogP contribution in [-0.2, 0) is 10.1 Å². The predicted molar refractivity (Wildman–Crippen MR) is 119 cm³/mol. The van der Waals surface area contributed by atoms with Gasteiger partial charge in [0.1, 0.15) is 0 Å². The van der Waals surface area contributed by atoms with E-state index >= 15 is 0 Å². The summed E-state index contributed by atoms with van der Waals surface area (Å²) < 4.78 is 59.2. The van der Waals surface area contributed by atoms with Crippen molar-refractivity contribution >= 4 is 29.9 Å². The number of halogens is 3. The molecule has 0 rings (SSSR count). The first-order valence-electron chi connectivity index (χ1n) is 11.3. The minimum Gasteiger partial charge on any atom is -0.279 e. The van der Waals surface area contributed by atoms with Gasteiger partial charge in [-0.3, -0.25) is 4.55 Å². The maximum atomic E-state index is 10.7. The summed E-state index contributed by atoms with van der Waals surface area (Å²) in [6.45, 7) is 2.30. The number of alkyl halides is 3. The fraction of sp³-hybridized carbons (Fsp3) is 1.00. The third kappa shape index (κ3) is 26.5. The monoisotopic (exact) mass is 553 g/mol. The minimum absolute atomic E-state index is 0.747. The van der Waals surface area contributed by atoms with Crippen molar-refractivity contribution in [2.45, 2.75) is 129 Å². The molecule has 0 heterocycles. The quantitative estimate of drug-likeness (QED) is 0.0854. The van der Waals surface area contributed by atoms with Crippen LogP contribution < -0.4 is 0 Å². The van der Waals surface area contributed by atoms with Gasteiger partial charge in [-0.1, -0.05) is 39.0 Å². The summed E-state index contributed by atoms with van der Waals surface area (Å²) in [6, 6.07) is 0. The van der Waals surface area contributed by atoms with Gasteiger partial charge in [0.05, 0.1) is 0 Å². The molecule has 0 atom stereocenters. The Morgan fingerprint density at radius 2 is 0.897 bits per heavy atom. The van der Waals surface area contributed by atoms with E-state index in [-0.39, 0.29) is 0 Å². The van der Waals surface area contributed by atoms with Crippen LogP contribution in [0.3, 0.4) is 0 Å². The first-order valence-corrected chi connectivity index (χ1v) is 20.5. The van der Waals surface area contributed by atoms with Crippen molar-refractivity contribution in [1.29, 1.82) is 0 Å². The summed E-state index contributed by atoms with van der Waals surface area (Å²) in [5.74, 6) is 0. The molecule has 0 fully saturated rings. The molecule has 29 heavy (non-hydrogen) atoms. The maximum Gasteiger partial charge on any atom is 0.522 e. The molecular weight excluding hydrogens is 508 g/mol. The fourth-order valence-corrected chi connectivity index (χ4v) is 5.76. The summed E-state index contributed by atoms with van der Waals surface area (Å²) >= 11 is -0.747. The van der Waals surface area contributed by atoms with Gasteiger partial charge in [0, 0.05) is 0 Å². The van der Waals surface area contributed by atoms with Crippen LogP contribution in [0.5, 0.6) is 0 Å². The van der Waals surface area contributed by atoms with Crippen molar-refractivity contribution in [1.82, 2.24) is 0 Å². The largest absolute Gasteiger partial charge is 0.522 e. The maximum absolute atomic E-state index is 10.7. The van der Waals surface area contributed by atoms with Crippen LogP contribution in [0.15, 0.2) is 0 Å². The second kappa shape index (κ2) is 20.4. The number of hydrogen-bond donors (Lipinski definition) is 1. The first-order chi connectivity index (χ1) is 13.5. The summed E-state index contributed by atoms with van der Waals surface area (Å²) in [4.78, 5) is 5.07. The average Bonchev–Trinajstić information content (AvgIpc) is 2.60. The van der Waals surface area contributed by atoms with Gasteiger partial charge < -0.3 is 0 Å². The zero-order valence-electron chi connectivity index (χ0n) is 18.8. The van der Waals surface area contributed by atoms with E-state index in [1.165, 1.54) is 96.3 Å².